The fourth-order valence-electron chi connectivity index (χ4n) is 2.06. The van der Waals surface area contributed by atoms with Gasteiger partial charge in [0.25, 0.3) is 0 Å². The Balaban J connectivity index is 2.26. The summed E-state index contributed by atoms with van der Waals surface area (Å²) in [6, 6.07) is 2.02. The van der Waals surface area contributed by atoms with Gasteiger partial charge in [0.2, 0.25) is 0 Å². The fraction of sp³-hybridized carbons (Fsp3) is 0.400. The third kappa shape index (κ3) is 3.61. The van der Waals surface area contributed by atoms with Gasteiger partial charge in [-0.15, -0.1) is 11.8 Å². The quantitative estimate of drug-likeness (QED) is 0.479. The van der Waals surface area contributed by atoms with E-state index >= 15 is 0 Å². The van der Waals surface area contributed by atoms with Crippen LogP contribution in [0.5, 0.6) is 0 Å². The molecule has 0 bridgehead atoms. The van der Waals surface area contributed by atoms with Gasteiger partial charge in [-0.2, -0.15) is 0 Å². The maximum absolute atomic E-state index is 13.7. The first-order valence-electron chi connectivity index (χ1n) is 6.88. The molecule has 6 heteroatoms. The van der Waals surface area contributed by atoms with Crippen molar-refractivity contribution in [2.24, 2.45) is 0 Å². The summed E-state index contributed by atoms with van der Waals surface area (Å²) in [7, 11) is 0. The molecule has 0 atom stereocenters. The van der Waals surface area contributed by atoms with Crippen molar-refractivity contribution in [3.63, 3.8) is 0 Å². The number of halogens is 3. The summed E-state index contributed by atoms with van der Waals surface area (Å²) in [5.41, 5.74) is -0.796. The Morgan fingerprint density at radius 1 is 1.10 bits per heavy atom. The summed E-state index contributed by atoms with van der Waals surface area (Å²) in [4.78, 5) is 14.5. The first-order valence-corrected chi connectivity index (χ1v) is 7.86. The van der Waals surface area contributed by atoms with Crippen LogP contribution in [0.3, 0.4) is 0 Å². The first kappa shape index (κ1) is 15.9. The van der Waals surface area contributed by atoms with Gasteiger partial charge in [0.1, 0.15) is 0 Å². The summed E-state index contributed by atoms with van der Waals surface area (Å²) in [5.74, 6) is -3.49. The number of H-pyrrole nitrogens is 1. The van der Waals surface area contributed by atoms with Crippen LogP contribution >= 0.6 is 11.8 Å². The van der Waals surface area contributed by atoms with Crippen LogP contribution in [0.1, 0.15) is 32.6 Å². The van der Waals surface area contributed by atoms with Crippen molar-refractivity contribution >= 4 is 22.7 Å². The Hall–Kier alpha value is -1.43. The molecular formula is C15H16F3NOS. The van der Waals surface area contributed by atoms with Gasteiger partial charge in [-0.1, -0.05) is 26.2 Å². The van der Waals surface area contributed by atoms with Crippen LogP contribution in [0, 0.1) is 17.5 Å². The number of hydrogen-bond acceptors (Lipinski definition) is 2. The Kier molecular flexibility index (Phi) is 5.33. The lowest BCUT2D eigenvalue weighted by molar-refractivity contribution is 0.452. The van der Waals surface area contributed by atoms with Crippen LogP contribution < -0.4 is 5.43 Å². The van der Waals surface area contributed by atoms with Gasteiger partial charge in [0.05, 0.1) is 15.9 Å². The van der Waals surface area contributed by atoms with Crippen LogP contribution in [0.25, 0.3) is 10.9 Å². The van der Waals surface area contributed by atoms with Crippen molar-refractivity contribution < 1.29 is 13.2 Å². The molecule has 1 aromatic carbocycles. The number of nitrogens with one attached hydrogen (secondary N) is 1. The Morgan fingerprint density at radius 2 is 1.86 bits per heavy atom. The molecule has 0 radical (unpaired) electrons. The summed E-state index contributed by atoms with van der Waals surface area (Å²) < 4.78 is 40.1. The topological polar surface area (TPSA) is 32.9 Å². The zero-order valence-electron chi connectivity index (χ0n) is 11.6. The van der Waals surface area contributed by atoms with Crippen molar-refractivity contribution in [2.75, 3.05) is 5.75 Å². The molecule has 0 spiro atoms. The second-order valence-corrected chi connectivity index (χ2v) is 5.95. The molecule has 2 nitrogen and oxygen atoms in total. The highest BCUT2D eigenvalue weighted by Crippen LogP contribution is 2.23. The molecule has 0 amide bonds. The molecule has 2 aromatic rings. The summed E-state index contributed by atoms with van der Waals surface area (Å²) in [5, 5.41) is 0.288. The molecular weight excluding hydrogens is 299 g/mol. The molecule has 0 unspecified atom stereocenters. The zero-order valence-corrected chi connectivity index (χ0v) is 12.5. The SMILES string of the molecule is CCCCCCSc1cc(=O)c2cc(F)c(F)c(F)c2[nH]1. The van der Waals surface area contributed by atoms with Crippen LogP contribution in [0.2, 0.25) is 0 Å². The van der Waals surface area contributed by atoms with Crippen molar-refractivity contribution in [1.29, 1.82) is 0 Å². The van der Waals surface area contributed by atoms with E-state index in [2.05, 4.69) is 11.9 Å². The first-order chi connectivity index (χ1) is 10.0. The van der Waals surface area contributed by atoms with Gasteiger partial charge in [-0.3, -0.25) is 4.79 Å². The lowest BCUT2D eigenvalue weighted by Gasteiger charge is -2.06. The smallest absolute Gasteiger partial charge is 0.196 e. The van der Waals surface area contributed by atoms with Crippen LogP contribution in [0.4, 0.5) is 13.2 Å². The molecule has 0 saturated heterocycles. The minimum atomic E-state index is -1.57. The van der Waals surface area contributed by atoms with E-state index in [1.54, 1.807) is 0 Å². The predicted molar refractivity (Wildman–Crippen MR) is 79.3 cm³/mol. The monoisotopic (exact) mass is 315 g/mol. The summed E-state index contributed by atoms with van der Waals surface area (Å²) in [6.07, 6.45) is 4.36. The summed E-state index contributed by atoms with van der Waals surface area (Å²) in [6.45, 7) is 2.12. The molecule has 21 heavy (non-hydrogen) atoms. The minimum Gasteiger partial charge on any atom is -0.347 e. The number of hydrogen-bond donors (Lipinski definition) is 1. The van der Waals surface area contributed by atoms with Crippen LogP contribution in [0.15, 0.2) is 22.0 Å². The van der Waals surface area contributed by atoms with E-state index in [9.17, 15) is 18.0 Å². The standard InChI is InChI=1S/C15H16F3NOS/c1-2-3-4-5-6-21-12-8-11(20)9-7-10(16)13(17)14(18)15(9)19-12/h7-8H,2-6H2,1H3,(H,19,20). The van der Waals surface area contributed by atoms with E-state index in [4.69, 9.17) is 0 Å². The third-order valence-corrected chi connectivity index (χ3v) is 4.22. The average molecular weight is 315 g/mol. The van der Waals surface area contributed by atoms with E-state index in [1.165, 1.54) is 17.8 Å². The molecule has 0 aliphatic carbocycles. The molecule has 0 aliphatic rings. The molecule has 1 N–H and O–H groups in total. The average Bonchev–Trinajstić information content (AvgIpc) is 2.46. The van der Waals surface area contributed by atoms with Crippen molar-refractivity contribution in [3.8, 4) is 0 Å². The highest BCUT2D eigenvalue weighted by molar-refractivity contribution is 7.99. The Labute approximate surface area is 124 Å². The number of pyridine rings is 1. The number of benzene rings is 1. The normalized spacial score (nSPS) is 11.2. The van der Waals surface area contributed by atoms with Gasteiger partial charge in [0, 0.05) is 6.07 Å². The molecule has 114 valence electrons. The molecule has 1 aromatic heterocycles. The fourth-order valence-corrected chi connectivity index (χ4v) is 2.99. The predicted octanol–water partition coefficient (Wildman–Crippen LogP) is 4.62. The maximum atomic E-state index is 13.7. The summed E-state index contributed by atoms with van der Waals surface area (Å²) >= 11 is 1.38. The number of thioether (sulfide) groups is 1. The van der Waals surface area contributed by atoms with Gasteiger partial charge in [-0.05, 0) is 18.2 Å². The Bertz CT molecular complexity index is 699. The van der Waals surface area contributed by atoms with E-state index in [-0.39, 0.29) is 10.9 Å². The number of fused-ring (bicyclic) bond motifs is 1. The van der Waals surface area contributed by atoms with Crippen molar-refractivity contribution in [3.05, 3.63) is 39.8 Å². The number of aromatic amines is 1. The number of unbranched alkanes of at least 4 members (excludes halogenated alkanes) is 3. The van der Waals surface area contributed by atoms with E-state index in [0.717, 1.165) is 37.5 Å². The maximum Gasteiger partial charge on any atom is 0.196 e. The van der Waals surface area contributed by atoms with Gasteiger partial charge in [-0.25, -0.2) is 13.2 Å². The van der Waals surface area contributed by atoms with Crippen molar-refractivity contribution in [2.45, 2.75) is 37.6 Å². The molecule has 0 saturated carbocycles. The Morgan fingerprint density at radius 3 is 2.57 bits per heavy atom. The molecule has 2 rings (SSSR count). The van der Waals surface area contributed by atoms with Crippen molar-refractivity contribution in [1.82, 2.24) is 4.98 Å². The van der Waals surface area contributed by atoms with Crippen LogP contribution in [-0.2, 0) is 0 Å². The lowest BCUT2D eigenvalue weighted by Crippen LogP contribution is -2.06. The largest absolute Gasteiger partial charge is 0.347 e. The second kappa shape index (κ2) is 7.02. The zero-order chi connectivity index (χ0) is 15.4. The molecule has 1 heterocycles. The van der Waals surface area contributed by atoms with Gasteiger partial charge in [0.15, 0.2) is 22.9 Å². The molecule has 0 aliphatic heterocycles. The third-order valence-electron chi connectivity index (χ3n) is 3.19. The number of aromatic nitrogens is 1. The minimum absolute atomic E-state index is 0.179. The van der Waals surface area contributed by atoms with Gasteiger partial charge < -0.3 is 4.98 Å². The van der Waals surface area contributed by atoms with Crippen LogP contribution in [-0.4, -0.2) is 10.7 Å². The van der Waals surface area contributed by atoms with E-state index in [1.807, 2.05) is 0 Å². The van der Waals surface area contributed by atoms with E-state index in [0.29, 0.717) is 5.03 Å². The lowest BCUT2D eigenvalue weighted by atomic mass is 10.2. The van der Waals surface area contributed by atoms with Gasteiger partial charge >= 0.3 is 0 Å². The second-order valence-electron chi connectivity index (χ2n) is 4.82. The highest BCUT2D eigenvalue weighted by Gasteiger charge is 2.16. The number of rotatable bonds is 6. The molecule has 0 fully saturated rings. The highest BCUT2D eigenvalue weighted by atomic mass is 32.2. The van der Waals surface area contributed by atoms with E-state index < -0.39 is 22.9 Å².